The normalized spacial score (nSPS) is 14.3. The highest BCUT2D eigenvalue weighted by molar-refractivity contribution is 7.82. The van der Waals surface area contributed by atoms with Gasteiger partial charge in [0.1, 0.15) is 4.75 Å². The number of hydrogen-bond acceptors (Lipinski definition) is 3. The van der Waals surface area contributed by atoms with E-state index in [1.165, 1.54) is 6.92 Å². The fourth-order valence-corrected chi connectivity index (χ4v) is 1.26. The Hall–Kier alpha value is -1.29. The van der Waals surface area contributed by atoms with Crippen molar-refractivity contribution in [2.75, 3.05) is 0 Å². The maximum absolute atomic E-state index is 11.7. The molecule has 0 saturated carbocycles. The molecular formula is C11H12O3S. The smallest absolute Gasteiger partial charge is 0.319 e. The Kier molecular flexibility index (Phi) is 3.52. The third kappa shape index (κ3) is 3.09. The molecule has 1 unspecified atom stereocenters. The van der Waals surface area contributed by atoms with Crippen LogP contribution in [-0.2, 0) is 4.79 Å². The van der Waals surface area contributed by atoms with Gasteiger partial charge in [0.15, 0.2) is 5.78 Å². The van der Waals surface area contributed by atoms with E-state index in [1.54, 1.807) is 30.3 Å². The summed E-state index contributed by atoms with van der Waals surface area (Å²) in [7, 11) is 0. The lowest BCUT2D eigenvalue weighted by atomic mass is 9.99. The first-order valence-electron chi connectivity index (χ1n) is 4.47. The van der Waals surface area contributed by atoms with Gasteiger partial charge in [-0.3, -0.25) is 9.59 Å². The van der Waals surface area contributed by atoms with E-state index in [2.05, 4.69) is 12.6 Å². The van der Waals surface area contributed by atoms with Crippen LogP contribution in [0.25, 0.3) is 0 Å². The molecule has 0 aromatic heterocycles. The highest BCUT2D eigenvalue weighted by atomic mass is 32.1. The molecule has 0 aliphatic carbocycles. The first kappa shape index (κ1) is 11.8. The van der Waals surface area contributed by atoms with Crippen LogP contribution >= 0.6 is 12.6 Å². The van der Waals surface area contributed by atoms with E-state index in [4.69, 9.17) is 5.11 Å². The molecule has 0 spiro atoms. The number of Topliss-reactive ketones (excluding diaryl/α,β-unsaturated/α-hetero) is 1. The lowest BCUT2D eigenvalue weighted by Crippen LogP contribution is -2.31. The summed E-state index contributed by atoms with van der Waals surface area (Å²) in [6, 6.07) is 8.60. The number of carboxylic acid groups (broad SMARTS) is 1. The molecule has 0 aliphatic rings. The SMILES string of the molecule is CC(S)(CC(=O)c1ccccc1)C(=O)O. The van der Waals surface area contributed by atoms with Crippen LogP contribution in [0.3, 0.4) is 0 Å². The topological polar surface area (TPSA) is 54.4 Å². The maximum Gasteiger partial charge on any atom is 0.319 e. The molecule has 3 nitrogen and oxygen atoms in total. The van der Waals surface area contributed by atoms with E-state index < -0.39 is 10.7 Å². The lowest BCUT2D eigenvalue weighted by molar-refractivity contribution is -0.139. The van der Waals surface area contributed by atoms with Crippen molar-refractivity contribution >= 4 is 24.4 Å². The van der Waals surface area contributed by atoms with Crippen LogP contribution in [-0.4, -0.2) is 21.6 Å². The summed E-state index contributed by atoms with van der Waals surface area (Å²) in [6.45, 7) is 1.42. The number of hydrogen-bond donors (Lipinski definition) is 2. The molecule has 0 bridgehead atoms. The zero-order valence-corrected chi connectivity index (χ0v) is 9.20. The first-order valence-corrected chi connectivity index (χ1v) is 4.92. The second-order valence-corrected chi connectivity index (χ2v) is 4.53. The number of carboxylic acids is 1. The van der Waals surface area contributed by atoms with Gasteiger partial charge in [-0.2, -0.15) is 12.6 Å². The number of benzene rings is 1. The highest BCUT2D eigenvalue weighted by Crippen LogP contribution is 2.21. The van der Waals surface area contributed by atoms with Gasteiger partial charge in [-0.25, -0.2) is 0 Å². The second-order valence-electron chi connectivity index (χ2n) is 3.54. The van der Waals surface area contributed by atoms with Crippen LogP contribution in [0.2, 0.25) is 0 Å². The number of carbonyl (C=O) groups is 2. The zero-order valence-electron chi connectivity index (χ0n) is 8.30. The summed E-state index contributed by atoms with van der Waals surface area (Å²) in [5, 5.41) is 8.81. The van der Waals surface area contributed by atoms with Crippen LogP contribution in [0.4, 0.5) is 0 Å². The van der Waals surface area contributed by atoms with Gasteiger partial charge in [-0.05, 0) is 6.92 Å². The van der Waals surface area contributed by atoms with E-state index in [9.17, 15) is 9.59 Å². The van der Waals surface area contributed by atoms with Gasteiger partial charge in [0, 0.05) is 12.0 Å². The van der Waals surface area contributed by atoms with Crippen molar-refractivity contribution < 1.29 is 14.7 Å². The van der Waals surface area contributed by atoms with Crippen LogP contribution in [0, 0.1) is 0 Å². The van der Waals surface area contributed by atoms with Crippen molar-refractivity contribution in [3.63, 3.8) is 0 Å². The van der Waals surface area contributed by atoms with Crippen molar-refractivity contribution in [3.8, 4) is 0 Å². The van der Waals surface area contributed by atoms with Crippen molar-refractivity contribution in [3.05, 3.63) is 35.9 Å². The number of rotatable bonds is 4. The number of carbonyl (C=O) groups excluding carboxylic acids is 1. The largest absolute Gasteiger partial charge is 0.480 e. The van der Waals surface area contributed by atoms with Crippen LogP contribution < -0.4 is 0 Å². The fourth-order valence-electron chi connectivity index (χ4n) is 1.11. The molecule has 0 aliphatic heterocycles. The summed E-state index contributed by atoms with van der Waals surface area (Å²) in [5.41, 5.74) is 0.513. The second kappa shape index (κ2) is 4.49. The quantitative estimate of drug-likeness (QED) is 0.607. The van der Waals surface area contributed by atoms with Gasteiger partial charge >= 0.3 is 5.97 Å². The lowest BCUT2D eigenvalue weighted by Gasteiger charge is -2.16. The molecule has 0 radical (unpaired) electrons. The first-order chi connectivity index (χ1) is 6.93. The molecule has 1 aromatic carbocycles. The van der Waals surface area contributed by atoms with Crippen molar-refractivity contribution in [1.82, 2.24) is 0 Å². The van der Waals surface area contributed by atoms with Crippen LogP contribution in [0.15, 0.2) is 30.3 Å². The summed E-state index contributed by atoms with van der Waals surface area (Å²) in [4.78, 5) is 22.4. The van der Waals surface area contributed by atoms with Gasteiger partial charge in [0.25, 0.3) is 0 Å². The molecule has 0 fully saturated rings. The van der Waals surface area contributed by atoms with Gasteiger partial charge in [0.2, 0.25) is 0 Å². The van der Waals surface area contributed by atoms with Gasteiger partial charge in [-0.1, -0.05) is 30.3 Å². The van der Waals surface area contributed by atoms with E-state index in [-0.39, 0.29) is 12.2 Å². The minimum absolute atomic E-state index is 0.116. The summed E-state index contributed by atoms with van der Waals surface area (Å²) < 4.78 is -1.31. The molecule has 80 valence electrons. The summed E-state index contributed by atoms with van der Waals surface area (Å²) in [6.07, 6.45) is -0.116. The Bertz CT molecular complexity index is 371. The maximum atomic E-state index is 11.7. The Balaban J connectivity index is 2.77. The number of ketones is 1. The third-order valence-corrected chi connectivity index (χ3v) is 2.41. The van der Waals surface area contributed by atoms with Crippen molar-refractivity contribution in [2.24, 2.45) is 0 Å². The predicted molar refractivity (Wildman–Crippen MR) is 60.4 cm³/mol. The molecule has 1 rings (SSSR count). The molecular weight excluding hydrogens is 212 g/mol. The summed E-state index contributed by atoms with van der Waals surface area (Å²) >= 11 is 3.95. The van der Waals surface area contributed by atoms with Gasteiger partial charge in [0.05, 0.1) is 0 Å². The van der Waals surface area contributed by atoms with Crippen LogP contribution in [0.5, 0.6) is 0 Å². The Morgan fingerprint density at radius 1 is 1.33 bits per heavy atom. The zero-order chi connectivity index (χ0) is 11.5. The van der Waals surface area contributed by atoms with E-state index in [0.29, 0.717) is 5.56 Å². The molecule has 0 heterocycles. The standard InChI is InChI=1S/C11H12O3S/c1-11(15,10(13)14)7-9(12)8-5-3-2-4-6-8/h2-6,15H,7H2,1H3,(H,13,14). The minimum Gasteiger partial charge on any atom is -0.480 e. The van der Waals surface area contributed by atoms with E-state index in [0.717, 1.165) is 0 Å². The fraction of sp³-hybridized carbons (Fsp3) is 0.273. The molecule has 0 amide bonds. The molecule has 1 N–H and O–H groups in total. The highest BCUT2D eigenvalue weighted by Gasteiger charge is 2.31. The molecule has 4 heteroatoms. The van der Waals surface area contributed by atoms with E-state index >= 15 is 0 Å². The predicted octanol–water partition coefficient (Wildman–Crippen LogP) is 2.03. The van der Waals surface area contributed by atoms with Gasteiger partial charge in [-0.15, -0.1) is 0 Å². The average molecular weight is 224 g/mol. The average Bonchev–Trinajstić information content (AvgIpc) is 2.18. The monoisotopic (exact) mass is 224 g/mol. The summed E-state index contributed by atoms with van der Waals surface area (Å²) in [5.74, 6) is -1.30. The Labute approximate surface area is 93.5 Å². The van der Waals surface area contributed by atoms with Crippen molar-refractivity contribution in [2.45, 2.75) is 18.1 Å². The Morgan fingerprint density at radius 2 is 1.87 bits per heavy atom. The molecule has 15 heavy (non-hydrogen) atoms. The van der Waals surface area contributed by atoms with E-state index in [1.807, 2.05) is 0 Å². The Morgan fingerprint density at radius 3 is 2.33 bits per heavy atom. The third-order valence-electron chi connectivity index (χ3n) is 2.06. The number of thiol groups is 1. The van der Waals surface area contributed by atoms with Crippen molar-refractivity contribution in [1.29, 1.82) is 0 Å². The molecule has 0 saturated heterocycles. The molecule has 1 atom stereocenters. The number of aliphatic carboxylic acids is 1. The van der Waals surface area contributed by atoms with Crippen LogP contribution in [0.1, 0.15) is 23.7 Å². The molecule has 1 aromatic rings. The minimum atomic E-state index is -1.31. The van der Waals surface area contributed by atoms with Gasteiger partial charge < -0.3 is 5.11 Å².